The lowest BCUT2D eigenvalue weighted by Crippen LogP contribution is -2.43. The lowest BCUT2D eigenvalue weighted by Gasteiger charge is -2.32. The summed E-state index contributed by atoms with van der Waals surface area (Å²) in [5, 5.41) is 17.9. The Kier molecular flexibility index (Phi) is 2.97. The quantitative estimate of drug-likeness (QED) is 0.786. The molecule has 1 aliphatic rings. The van der Waals surface area contributed by atoms with Crippen molar-refractivity contribution in [2.24, 2.45) is 0 Å². The molecule has 0 saturated carbocycles. The number of nitrogens with one attached hydrogen (secondary N) is 1. The molecule has 0 amide bonds. The molecule has 108 valence electrons. The third-order valence-electron chi connectivity index (χ3n) is 4.00. The van der Waals surface area contributed by atoms with Gasteiger partial charge in [-0.25, -0.2) is 0 Å². The van der Waals surface area contributed by atoms with Gasteiger partial charge in [-0.05, 0) is 44.9 Å². The molecule has 6 nitrogen and oxygen atoms in total. The van der Waals surface area contributed by atoms with Crippen LogP contribution in [0.1, 0.15) is 31.2 Å². The third kappa shape index (κ3) is 2.13. The first-order valence-electron chi connectivity index (χ1n) is 7.14. The average molecular weight is 300 g/mol. The van der Waals surface area contributed by atoms with E-state index < -0.39 is 0 Å². The fraction of sp³-hybridized carbons (Fsp3) is 0.429. The van der Waals surface area contributed by atoms with Gasteiger partial charge in [-0.15, -0.1) is 10.2 Å². The normalized spacial score (nSPS) is 22.7. The number of nitrogens with zero attached hydrogens (tertiary/aromatic N) is 5. The Morgan fingerprint density at radius 1 is 1.33 bits per heavy atom. The van der Waals surface area contributed by atoms with Crippen molar-refractivity contribution >= 4 is 16.3 Å². The number of hydrogen-bond acceptors (Lipinski definition) is 6. The molecule has 4 heterocycles. The smallest absolute Gasteiger partial charge is 0.235 e. The Balaban J connectivity index is 1.79. The van der Waals surface area contributed by atoms with E-state index in [2.05, 4.69) is 27.4 Å². The number of aromatic nitrogens is 5. The second-order valence-corrected chi connectivity index (χ2v) is 6.54. The minimum Gasteiger partial charge on any atom is -0.306 e. The monoisotopic (exact) mass is 300 g/mol. The molecule has 7 heteroatoms. The molecule has 0 bridgehead atoms. The van der Waals surface area contributed by atoms with Crippen LogP contribution >= 0.6 is 11.3 Å². The van der Waals surface area contributed by atoms with Crippen LogP contribution in [-0.2, 0) is 5.54 Å². The number of piperidine rings is 1. The van der Waals surface area contributed by atoms with Gasteiger partial charge in [0.25, 0.3) is 0 Å². The van der Waals surface area contributed by atoms with Crippen LogP contribution in [0.4, 0.5) is 0 Å². The van der Waals surface area contributed by atoms with E-state index in [0.717, 1.165) is 34.3 Å². The molecule has 0 radical (unpaired) electrons. The molecule has 4 rings (SSSR count). The molecule has 1 aliphatic heterocycles. The Bertz CT molecular complexity index is 756. The van der Waals surface area contributed by atoms with Crippen molar-refractivity contribution in [2.45, 2.75) is 31.7 Å². The highest BCUT2D eigenvalue weighted by atomic mass is 32.1. The second-order valence-electron chi connectivity index (χ2n) is 5.58. The minimum absolute atomic E-state index is 0.0458. The largest absolute Gasteiger partial charge is 0.306 e. The summed E-state index contributed by atoms with van der Waals surface area (Å²) in [4.78, 5) is 4.97. The van der Waals surface area contributed by atoms with E-state index in [0.29, 0.717) is 0 Å². The predicted molar refractivity (Wildman–Crippen MR) is 81.1 cm³/mol. The molecule has 3 aromatic rings. The topological polar surface area (TPSA) is 68.0 Å². The van der Waals surface area contributed by atoms with Crippen LogP contribution in [0.2, 0.25) is 0 Å². The van der Waals surface area contributed by atoms with Gasteiger partial charge in [0.05, 0.1) is 5.54 Å². The summed E-state index contributed by atoms with van der Waals surface area (Å²) in [5.74, 6) is 0.750. The molecule has 0 spiro atoms. The zero-order valence-corrected chi connectivity index (χ0v) is 12.6. The van der Waals surface area contributed by atoms with E-state index in [9.17, 15) is 0 Å². The lowest BCUT2D eigenvalue weighted by atomic mass is 9.92. The summed E-state index contributed by atoms with van der Waals surface area (Å²) >= 11 is 1.61. The highest BCUT2D eigenvalue weighted by Gasteiger charge is 2.32. The van der Waals surface area contributed by atoms with Crippen LogP contribution < -0.4 is 5.32 Å². The van der Waals surface area contributed by atoms with Crippen LogP contribution in [0.3, 0.4) is 0 Å². The zero-order chi connectivity index (χ0) is 14.3. The van der Waals surface area contributed by atoms with Gasteiger partial charge in [0.2, 0.25) is 4.96 Å². The van der Waals surface area contributed by atoms with Gasteiger partial charge in [0, 0.05) is 18.0 Å². The Morgan fingerprint density at radius 3 is 3.05 bits per heavy atom. The third-order valence-corrected chi connectivity index (χ3v) is 5.16. The van der Waals surface area contributed by atoms with Crippen LogP contribution in [-0.4, -0.2) is 31.3 Å². The number of pyridine rings is 1. The molecule has 1 fully saturated rings. The van der Waals surface area contributed by atoms with Crippen molar-refractivity contribution in [2.75, 3.05) is 6.54 Å². The molecule has 1 saturated heterocycles. The van der Waals surface area contributed by atoms with E-state index in [1.807, 2.05) is 16.6 Å². The molecule has 1 atom stereocenters. The molecular weight excluding hydrogens is 284 g/mol. The van der Waals surface area contributed by atoms with Gasteiger partial charge in [-0.2, -0.15) is 9.61 Å². The highest BCUT2D eigenvalue weighted by Crippen LogP contribution is 2.33. The predicted octanol–water partition coefficient (Wildman–Crippen LogP) is 2.24. The Labute approximate surface area is 126 Å². The molecule has 1 unspecified atom stereocenters. The van der Waals surface area contributed by atoms with Crippen molar-refractivity contribution in [1.82, 2.24) is 30.1 Å². The van der Waals surface area contributed by atoms with Crippen molar-refractivity contribution in [3.8, 4) is 11.4 Å². The SMILES string of the molecule is CC1(c2nn3c(-c4cccnc4)nnc3s2)CCCCN1. The highest BCUT2D eigenvalue weighted by molar-refractivity contribution is 7.16. The van der Waals surface area contributed by atoms with Crippen molar-refractivity contribution < 1.29 is 0 Å². The van der Waals surface area contributed by atoms with Gasteiger partial charge in [0.1, 0.15) is 5.01 Å². The maximum atomic E-state index is 4.76. The average Bonchev–Trinajstić information content (AvgIpc) is 3.09. The molecule has 1 N–H and O–H groups in total. The van der Waals surface area contributed by atoms with Gasteiger partial charge in [-0.1, -0.05) is 11.3 Å². The summed E-state index contributed by atoms with van der Waals surface area (Å²) in [6.45, 7) is 3.27. The molecule has 3 aromatic heterocycles. The Morgan fingerprint density at radius 2 is 2.29 bits per heavy atom. The van der Waals surface area contributed by atoms with Gasteiger partial charge >= 0.3 is 0 Å². The fourth-order valence-corrected chi connectivity index (χ4v) is 3.74. The first-order chi connectivity index (χ1) is 10.3. The van der Waals surface area contributed by atoms with Crippen LogP contribution in [0, 0.1) is 0 Å². The van der Waals surface area contributed by atoms with Gasteiger partial charge in [-0.3, -0.25) is 4.98 Å². The standard InChI is InChI=1S/C14H16N6S/c1-14(6-2-3-8-16-14)12-19-20-11(17-18-13(20)21-12)10-5-4-7-15-9-10/h4-5,7,9,16H,2-3,6,8H2,1H3. The summed E-state index contributed by atoms with van der Waals surface area (Å²) < 4.78 is 1.83. The molecule has 0 aliphatic carbocycles. The van der Waals surface area contributed by atoms with Crippen LogP contribution in [0.25, 0.3) is 16.3 Å². The van der Waals surface area contributed by atoms with Gasteiger partial charge in [0.15, 0.2) is 5.82 Å². The van der Waals surface area contributed by atoms with Crippen molar-refractivity contribution in [3.05, 3.63) is 29.5 Å². The first-order valence-corrected chi connectivity index (χ1v) is 7.96. The lowest BCUT2D eigenvalue weighted by molar-refractivity contribution is 0.280. The summed E-state index contributed by atoms with van der Waals surface area (Å²) in [6, 6.07) is 3.87. The Hall–Kier alpha value is -1.86. The fourth-order valence-electron chi connectivity index (χ4n) is 2.75. The number of fused-ring (bicyclic) bond motifs is 1. The van der Waals surface area contributed by atoms with Crippen LogP contribution in [0.15, 0.2) is 24.5 Å². The van der Waals surface area contributed by atoms with E-state index in [1.54, 1.807) is 23.7 Å². The van der Waals surface area contributed by atoms with Gasteiger partial charge < -0.3 is 5.32 Å². The summed E-state index contributed by atoms with van der Waals surface area (Å²) in [7, 11) is 0. The van der Waals surface area contributed by atoms with Crippen molar-refractivity contribution in [1.29, 1.82) is 0 Å². The van der Waals surface area contributed by atoms with E-state index >= 15 is 0 Å². The molecular formula is C14H16N6S. The molecule has 0 aromatic carbocycles. The van der Waals surface area contributed by atoms with E-state index in [1.165, 1.54) is 12.8 Å². The summed E-state index contributed by atoms with van der Waals surface area (Å²) in [6.07, 6.45) is 7.12. The maximum absolute atomic E-state index is 4.76. The first kappa shape index (κ1) is 12.8. The van der Waals surface area contributed by atoms with E-state index in [4.69, 9.17) is 5.10 Å². The zero-order valence-electron chi connectivity index (χ0n) is 11.8. The van der Waals surface area contributed by atoms with Crippen molar-refractivity contribution in [3.63, 3.8) is 0 Å². The summed E-state index contributed by atoms with van der Waals surface area (Å²) in [5.41, 5.74) is 0.888. The number of hydrogen-bond donors (Lipinski definition) is 1. The van der Waals surface area contributed by atoms with E-state index in [-0.39, 0.29) is 5.54 Å². The second kappa shape index (κ2) is 4.85. The maximum Gasteiger partial charge on any atom is 0.235 e. The minimum atomic E-state index is -0.0458. The molecule has 21 heavy (non-hydrogen) atoms. The number of rotatable bonds is 2. The van der Waals surface area contributed by atoms with Crippen LogP contribution in [0.5, 0.6) is 0 Å².